The first-order valence-corrected chi connectivity index (χ1v) is 6.39. The molecule has 0 bridgehead atoms. The summed E-state index contributed by atoms with van der Waals surface area (Å²) >= 11 is 0. The standard InChI is InChI=1S/C13H21N5/c1-5-7-14-9-12-11(3)16-17(4)13(12)18-8-6-10(2)15-18/h6,8,14H,5,7,9H2,1-4H3. The topological polar surface area (TPSA) is 47.7 Å². The average molecular weight is 247 g/mol. The number of nitrogens with one attached hydrogen (secondary N) is 1. The molecule has 1 N–H and O–H groups in total. The number of hydrogen-bond acceptors (Lipinski definition) is 3. The molecule has 5 heteroatoms. The average Bonchev–Trinajstić information content (AvgIpc) is 2.84. The first-order chi connectivity index (χ1) is 8.63. The van der Waals surface area contributed by atoms with Gasteiger partial charge in [0.1, 0.15) is 0 Å². The smallest absolute Gasteiger partial charge is 0.156 e. The first-order valence-electron chi connectivity index (χ1n) is 6.39. The van der Waals surface area contributed by atoms with E-state index in [2.05, 4.69) is 22.4 Å². The van der Waals surface area contributed by atoms with Gasteiger partial charge in [0.2, 0.25) is 0 Å². The van der Waals surface area contributed by atoms with E-state index in [4.69, 9.17) is 0 Å². The van der Waals surface area contributed by atoms with Crippen molar-refractivity contribution in [3.05, 3.63) is 29.2 Å². The second-order valence-corrected chi connectivity index (χ2v) is 4.59. The third-order valence-electron chi connectivity index (χ3n) is 2.98. The number of aryl methyl sites for hydroxylation is 3. The van der Waals surface area contributed by atoms with Crippen LogP contribution in [0.1, 0.15) is 30.3 Å². The lowest BCUT2D eigenvalue weighted by Gasteiger charge is -2.07. The summed E-state index contributed by atoms with van der Waals surface area (Å²) in [6.07, 6.45) is 3.12. The molecule has 0 radical (unpaired) electrons. The van der Waals surface area contributed by atoms with Gasteiger partial charge in [-0.1, -0.05) is 6.92 Å². The van der Waals surface area contributed by atoms with Gasteiger partial charge in [-0.15, -0.1) is 0 Å². The molecule has 18 heavy (non-hydrogen) atoms. The maximum Gasteiger partial charge on any atom is 0.156 e. The van der Waals surface area contributed by atoms with E-state index in [9.17, 15) is 0 Å². The summed E-state index contributed by atoms with van der Waals surface area (Å²) in [7, 11) is 1.96. The van der Waals surface area contributed by atoms with Crippen LogP contribution in [0.5, 0.6) is 0 Å². The Morgan fingerprint density at radius 2 is 2.06 bits per heavy atom. The summed E-state index contributed by atoms with van der Waals surface area (Å²) in [5, 5.41) is 12.4. The molecule has 0 aromatic carbocycles. The zero-order valence-corrected chi connectivity index (χ0v) is 11.6. The van der Waals surface area contributed by atoms with Gasteiger partial charge in [0.15, 0.2) is 5.82 Å². The number of hydrogen-bond donors (Lipinski definition) is 1. The monoisotopic (exact) mass is 247 g/mol. The Labute approximate surface area is 108 Å². The SMILES string of the molecule is CCCNCc1c(C)nn(C)c1-n1ccc(C)n1. The Bertz CT molecular complexity index is 523. The van der Waals surface area contributed by atoms with Crippen molar-refractivity contribution in [1.82, 2.24) is 24.9 Å². The highest BCUT2D eigenvalue weighted by atomic mass is 15.4. The zero-order valence-electron chi connectivity index (χ0n) is 11.6. The van der Waals surface area contributed by atoms with Gasteiger partial charge in [-0.3, -0.25) is 4.68 Å². The zero-order chi connectivity index (χ0) is 13.1. The molecule has 0 atom stereocenters. The summed E-state index contributed by atoms with van der Waals surface area (Å²) in [4.78, 5) is 0. The molecule has 0 saturated carbocycles. The quantitative estimate of drug-likeness (QED) is 0.818. The van der Waals surface area contributed by atoms with Crippen LogP contribution in [-0.4, -0.2) is 26.1 Å². The van der Waals surface area contributed by atoms with Crippen LogP contribution in [0, 0.1) is 13.8 Å². The molecular weight excluding hydrogens is 226 g/mol. The van der Waals surface area contributed by atoms with Crippen LogP contribution in [0.25, 0.3) is 5.82 Å². The molecule has 2 aromatic rings. The Kier molecular flexibility index (Phi) is 3.81. The highest BCUT2D eigenvalue weighted by Crippen LogP contribution is 2.17. The highest BCUT2D eigenvalue weighted by Gasteiger charge is 2.15. The lowest BCUT2D eigenvalue weighted by atomic mass is 10.2. The molecule has 0 aliphatic rings. The Morgan fingerprint density at radius 3 is 2.67 bits per heavy atom. The molecule has 2 aromatic heterocycles. The van der Waals surface area contributed by atoms with Crippen molar-refractivity contribution in [2.24, 2.45) is 7.05 Å². The van der Waals surface area contributed by atoms with Crippen LogP contribution in [0.3, 0.4) is 0 Å². The van der Waals surface area contributed by atoms with Gasteiger partial charge in [0.05, 0.1) is 11.4 Å². The van der Waals surface area contributed by atoms with Crippen molar-refractivity contribution in [3.8, 4) is 5.82 Å². The summed E-state index contributed by atoms with van der Waals surface area (Å²) in [5.41, 5.74) is 3.29. The minimum Gasteiger partial charge on any atom is -0.312 e. The van der Waals surface area contributed by atoms with E-state index in [1.807, 2.05) is 42.5 Å². The van der Waals surface area contributed by atoms with Gasteiger partial charge in [-0.25, -0.2) is 4.68 Å². The summed E-state index contributed by atoms with van der Waals surface area (Å²) in [6.45, 7) is 8.06. The van der Waals surface area contributed by atoms with Crippen LogP contribution >= 0.6 is 0 Å². The lowest BCUT2D eigenvalue weighted by Crippen LogP contribution is -2.16. The van der Waals surface area contributed by atoms with Crippen LogP contribution in [-0.2, 0) is 13.6 Å². The maximum atomic E-state index is 4.49. The van der Waals surface area contributed by atoms with Crippen molar-refractivity contribution < 1.29 is 0 Å². The molecule has 98 valence electrons. The van der Waals surface area contributed by atoms with Crippen molar-refractivity contribution >= 4 is 0 Å². The number of nitrogens with zero attached hydrogens (tertiary/aromatic N) is 4. The van der Waals surface area contributed by atoms with Gasteiger partial charge < -0.3 is 5.32 Å². The lowest BCUT2D eigenvalue weighted by molar-refractivity contribution is 0.658. The second-order valence-electron chi connectivity index (χ2n) is 4.59. The predicted octanol–water partition coefficient (Wildman–Crippen LogP) is 1.72. The summed E-state index contributed by atoms with van der Waals surface area (Å²) in [6, 6.07) is 2.01. The summed E-state index contributed by atoms with van der Waals surface area (Å²) in [5.74, 6) is 1.05. The third-order valence-corrected chi connectivity index (χ3v) is 2.98. The largest absolute Gasteiger partial charge is 0.312 e. The molecule has 0 saturated heterocycles. The fourth-order valence-electron chi connectivity index (χ4n) is 2.11. The van der Waals surface area contributed by atoms with Gasteiger partial charge in [0.25, 0.3) is 0 Å². The van der Waals surface area contributed by atoms with Gasteiger partial charge in [-0.05, 0) is 32.9 Å². The normalized spacial score (nSPS) is 11.1. The second kappa shape index (κ2) is 5.35. The molecule has 0 fully saturated rings. The maximum absolute atomic E-state index is 4.49. The van der Waals surface area contributed by atoms with E-state index < -0.39 is 0 Å². The molecular formula is C13H21N5. The fraction of sp³-hybridized carbons (Fsp3) is 0.538. The van der Waals surface area contributed by atoms with Crippen LogP contribution < -0.4 is 5.32 Å². The Balaban J connectivity index is 2.33. The molecule has 0 aliphatic carbocycles. The van der Waals surface area contributed by atoms with Crippen molar-refractivity contribution in [1.29, 1.82) is 0 Å². The molecule has 0 amide bonds. The van der Waals surface area contributed by atoms with Gasteiger partial charge >= 0.3 is 0 Å². The molecule has 0 aliphatic heterocycles. The van der Waals surface area contributed by atoms with E-state index in [0.717, 1.165) is 36.7 Å². The Morgan fingerprint density at radius 1 is 1.28 bits per heavy atom. The number of aromatic nitrogens is 4. The molecule has 5 nitrogen and oxygen atoms in total. The van der Waals surface area contributed by atoms with Crippen LogP contribution in [0.15, 0.2) is 12.3 Å². The molecule has 2 rings (SSSR count). The third kappa shape index (κ3) is 2.46. The van der Waals surface area contributed by atoms with Crippen LogP contribution in [0.2, 0.25) is 0 Å². The van der Waals surface area contributed by atoms with E-state index in [1.165, 1.54) is 5.56 Å². The van der Waals surface area contributed by atoms with Crippen molar-refractivity contribution in [3.63, 3.8) is 0 Å². The van der Waals surface area contributed by atoms with Crippen LogP contribution in [0.4, 0.5) is 0 Å². The van der Waals surface area contributed by atoms with Gasteiger partial charge in [0, 0.05) is 25.4 Å². The highest BCUT2D eigenvalue weighted by molar-refractivity contribution is 5.37. The molecule has 2 heterocycles. The minimum absolute atomic E-state index is 0.835. The fourth-order valence-corrected chi connectivity index (χ4v) is 2.11. The predicted molar refractivity (Wildman–Crippen MR) is 71.8 cm³/mol. The van der Waals surface area contributed by atoms with Gasteiger partial charge in [-0.2, -0.15) is 10.2 Å². The van der Waals surface area contributed by atoms with E-state index >= 15 is 0 Å². The Hall–Kier alpha value is -1.62. The molecule has 0 unspecified atom stereocenters. The van der Waals surface area contributed by atoms with Crippen molar-refractivity contribution in [2.75, 3.05) is 6.54 Å². The van der Waals surface area contributed by atoms with E-state index in [-0.39, 0.29) is 0 Å². The van der Waals surface area contributed by atoms with Crippen molar-refractivity contribution in [2.45, 2.75) is 33.7 Å². The molecule has 0 spiro atoms. The van der Waals surface area contributed by atoms with E-state index in [1.54, 1.807) is 0 Å². The number of rotatable bonds is 5. The first kappa shape index (κ1) is 12.8. The minimum atomic E-state index is 0.835. The van der Waals surface area contributed by atoms with E-state index in [0.29, 0.717) is 0 Å². The summed E-state index contributed by atoms with van der Waals surface area (Å²) < 4.78 is 3.79.